The van der Waals surface area contributed by atoms with Crippen LogP contribution in [0.4, 0.5) is 8.78 Å². The SMILES string of the molecule is O=C(c1ccccc1)C1C=CC=C(C(F)F)C1. The Balaban J connectivity index is 2.14. The summed E-state index contributed by atoms with van der Waals surface area (Å²) in [5.41, 5.74) is 0.597. The Hall–Kier alpha value is -1.77. The Morgan fingerprint density at radius 2 is 1.94 bits per heavy atom. The van der Waals surface area contributed by atoms with E-state index in [1.807, 2.05) is 6.07 Å². The molecule has 0 aromatic heterocycles. The first-order chi connectivity index (χ1) is 8.18. The van der Waals surface area contributed by atoms with Crippen LogP contribution in [0.3, 0.4) is 0 Å². The second-order valence-electron chi connectivity index (χ2n) is 3.97. The Bertz CT molecular complexity index is 460. The molecule has 0 radical (unpaired) electrons. The molecular weight excluding hydrogens is 222 g/mol. The third-order valence-electron chi connectivity index (χ3n) is 2.78. The fourth-order valence-corrected chi connectivity index (χ4v) is 1.86. The summed E-state index contributed by atoms with van der Waals surface area (Å²) in [4.78, 5) is 12.0. The molecular formula is C14H12F2O. The van der Waals surface area contributed by atoms with Gasteiger partial charge >= 0.3 is 0 Å². The highest BCUT2D eigenvalue weighted by Gasteiger charge is 2.24. The van der Waals surface area contributed by atoms with Gasteiger partial charge in [0.05, 0.1) is 0 Å². The fourth-order valence-electron chi connectivity index (χ4n) is 1.86. The molecule has 0 amide bonds. The van der Waals surface area contributed by atoms with E-state index in [1.165, 1.54) is 12.2 Å². The van der Waals surface area contributed by atoms with Gasteiger partial charge in [-0.15, -0.1) is 0 Å². The lowest BCUT2D eigenvalue weighted by molar-refractivity contribution is 0.0937. The predicted octanol–water partition coefficient (Wildman–Crippen LogP) is 3.64. The van der Waals surface area contributed by atoms with E-state index in [1.54, 1.807) is 30.3 Å². The number of alkyl halides is 2. The zero-order valence-electron chi connectivity index (χ0n) is 9.14. The van der Waals surface area contributed by atoms with E-state index >= 15 is 0 Å². The molecule has 2 rings (SSSR count). The minimum Gasteiger partial charge on any atom is -0.294 e. The molecule has 17 heavy (non-hydrogen) atoms. The number of halogens is 2. The lowest BCUT2D eigenvalue weighted by atomic mass is 9.88. The molecule has 1 aromatic rings. The lowest BCUT2D eigenvalue weighted by Gasteiger charge is -2.17. The van der Waals surface area contributed by atoms with Crippen molar-refractivity contribution in [3.63, 3.8) is 0 Å². The van der Waals surface area contributed by atoms with E-state index in [2.05, 4.69) is 0 Å². The Kier molecular flexibility index (Phi) is 3.47. The zero-order chi connectivity index (χ0) is 12.3. The molecule has 0 N–H and O–H groups in total. The van der Waals surface area contributed by atoms with Crippen molar-refractivity contribution >= 4 is 5.78 Å². The average molecular weight is 234 g/mol. The van der Waals surface area contributed by atoms with Gasteiger partial charge in [0, 0.05) is 11.5 Å². The van der Waals surface area contributed by atoms with Gasteiger partial charge in [0.1, 0.15) is 0 Å². The van der Waals surface area contributed by atoms with Gasteiger partial charge in [0.15, 0.2) is 5.78 Å². The van der Waals surface area contributed by atoms with Crippen LogP contribution in [0.25, 0.3) is 0 Å². The first-order valence-electron chi connectivity index (χ1n) is 5.43. The van der Waals surface area contributed by atoms with Crippen molar-refractivity contribution in [1.29, 1.82) is 0 Å². The van der Waals surface area contributed by atoms with Crippen molar-refractivity contribution in [2.24, 2.45) is 5.92 Å². The summed E-state index contributed by atoms with van der Waals surface area (Å²) in [5.74, 6) is -0.570. The molecule has 1 unspecified atom stereocenters. The molecule has 1 aliphatic carbocycles. The highest BCUT2D eigenvalue weighted by atomic mass is 19.3. The summed E-state index contributed by atoms with van der Waals surface area (Å²) in [7, 11) is 0. The van der Waals surface area contributed by atoms with E-state index in [-0.39, 0.29) is 17.8 Å². The molecule has 0 aliphatic heterocycles. The number of allylic oxidation sites excluding steroid dienone is 4. The molecule has 0 spiro atoms. The maximum absolute atomic E-state index is 12.5. The van der Waals surface area contributed by atoms with Gasteiger partial charge in [-0.25, -0.2) is 8.78 Å². The van der Waals surface area contributed by atoms with Gasteiger partial charge in [-0.2, -0.15) is 0 Å². The van der Waals surface area contributed by atoms with Crippen molar-refractivity contribution in [3.8, 4) is 0 Å². The van der Waals surface area contributed by atoms with Gasteiger partial charge in [-0.05, 0) is 12.0 Å². The van der Waals surface area contributed by atoms with Gasteiger partial charge in [-0.3, -0.25) is 4.79 Å². The lowest BCUT2D eigenvalue weighted by Crippen LogP contribution is -2.17. The number of hydrogen-bond donors (Lipinski definition) is 0. The smallest absolute Gasteiger partial charge is 0.260 e. The van der Waals surface area contributed by atoms with Crippen molar-refractivity contribution in [1.82, 2.24) is 0 Å². The van der Waals surface area contributed by atoms with E-state index in [4.69, 9.17) is 0 Å². The fraction of sp³-hybridized carbons (Fsp3) is 0.214. The van der Waals surface area contributed by atoms with Crippen molar-refractivity contribution in [2.75, 3.05) is 0 Å². The molecule has 0 heterocycles. The van der Waals surface area contributed by atoms with Gasteiger partial charge in [-0.1, -0.05) is 48.6 Å². The number of Topliss-reactive ketones (excluding diaryl/α,β-unsaturated/α-hetero) is 1. The summed E-state index contributed by atoms with van der Waals surface area (Å²) in [6.45, 7) is 0. The summed E-state index contributed by atoms with van der Waals surface area (Å²) < 4.78 is 25.1. The highest BCUT2D eigenvalue weighted by molar-refractivity contribution is 5.99. The van der Waals surface area contributed by atoms with Gasteiger partial charge in [0.25, 0.3) is 6.43 Å². The van der Waals surface area contributed by atoms with E-state index in [0.29, 0.717) is 5.56 Å². The van der Waals surface area contributed by atoms with E-state index in [9.17, 15) is 13.6 Å². The maximum Gasteiger partial charge on any atom is 0.260 e. The molecule has 1 aliphatic rings. The minimum atomic E-state index is -2.48. The quantitative estimate of drug-likeness (QED) is 0.730. The molecule has 3 heteroatoms. The standard InChI is InChI=1S/C14H12F2O/c15-14(16)12-8-4-7-11(9-12)13(17)10-5-2-1-3-6-10/h1-8,11,14H,9H2. The van der Waals surface area contributed by atoms with Crippen LogP contribution in [0.15, 0.2) is 54.1 Å². The van der Waals surface area contributed by atoms with Crippen molar-refractivity contribution < 1.29 is 13.6 Å². The highest BCUT2D eigenvalue weighted by Crippen LogP contribution is 2.26. The average Bonchev–Trinajstić information content (AvgIpc) is 2.39. The van der Waals surface area contributed by atoms with Crippen LogP contribution in [0.1, 0.15) is 16.8 Å². The number of benzene rings is 1. The topological polar surface area (TPSA) is 17.1 Å². The zero-order valence-corrected chi connectivity index (χ0v) is 9.14. The molecule has 1 nitrogen and oxygen atoms in total. The van der Waals surface area contributed by atoms with Crippen LogP contribution in [-0.4, -0.2) is 12.2 Å². The van der Waals surface area contributed by atoms with Crippen molar-refractivity contribution in [2.45, 2.75) is 12.8 Å². The minimum absolute atomic E-state index is 0.0294. The van der Waals surface area contributed by atoms with E-state index < -0.39 is 12.3 Å². The second-order valence-corrected chi connectivity index (χ2v) is 3.97. The summed E-state index contributed by atoms with van der Waals surface area (Å²) >= 11 is 0. The molecule has 0 fully saturated rings. The monoisotopic (exact) mass is 234 g/mol. The first-order valence-corrected chi connectivity index (χ1v) is 5.43. The number of ketones is 1. The third-order valence-corrected chi connectivity index (χ3v) is 2.78. The van der Waals surface area contributed by atoms with Crippen LogP contribution < -0.4 is 0 Å². The Morgan fingerprint density at radius 1 is 1.24 bits per heavy atom. The van der Waals surface area contributed by atoms with Crippen molar-refractivity contribution in [3.05, 3.63) is 59.7 Å². The maximum atomic E-state index is 12.5. The predicted molar refractivity (Wildman–Crippen MR) is 62.1 cm³/mol. The van der Waals surface area contributed by atoms with Gasteiger partial charge in [0.2, 0.25) is 0 Å². The summed E-state index contributed by atoms with van der Waals surface area (Å²) in [6.07, 6.45) is 2.24. The first kappa shape index (κ1) is 11.7. The summed E-state index contributed by atoms with van der Waals surface area (Å²) in [6, 6.07) is 8.76. The number of hydrogen-bond acceptors (Lipinski definition) is 1. The largest absolute Gasteiger partial charge is 0.294 e. The number of carbonyl (C=O) groups is 1. The van der Waals surface area contributed by atoms with Gasteiger partial charge < -0.3 is 0 Å². The molecule has 0 saturated heterocycles. The van der Waals surface area contributed by atoms with Crippen LogP contribution in [-0.2, 0) is 0 Å². The van der Waals surface area contributed by atoms with Crippen LogP contribution >= 0.6 is 0 Å². The molecule has 1 atom stereocenters. The van der Waals surface area contributed by atoms with Crippen LogP contribution in [0.2, 0.25) is 0 Å². The van der Waals surface area contributed by atoms with Crippen LogP contribution in [0, 0.1) is 5.92 Å². The molecule has 0 bridgehead atoms. The number of rotatable bonds is 3. The third kappa shape index (κ3) is 2.67. The molecule has 1 aromatic carbocycles. The van der Waals surface area contributed by atoms with Crippen LogP contribution in [0.5, 0.6) is 0 Å². The second kappa shape index (κ2) is 5.04. The Morgan fingerprint density at radius 3 is 2.59 bits per heavy atom. The summed E-state index contributed by atoms with van der Waals surface area (Å²) in [5, 5.41) is 0. The molecule has 88 valence electrons. The number of carbonyl (C=O) groups excluding carboxylic acids is 1. The normalized spacial score (nSPS) is 19.2. The van der Waals surface area contributed by atoms with E-state index in [0.717, 1.165) is 0 Å². The molecule has 0 saturated carbocycles. The Labute approximate surface area is 98.5 Å².